The summed E-state index contributed by atoms with van der Waals surface area (Å²) in [7, 11) is 0. The summed E-state index contributed by atoms with van der Waals surface area (Å²) in [6, 6.07) is 1.55. The quantitative estimate of drug-likeness (QED) is 0.625. The second-order valence-electron chi connectivity index (χ2n) is 3.88. The van der Waals surface area contributed by atoms with Crippen molar-refractivity contribution in [2.45, 2.75) is 39.0 Å². The van der Waals surface area contributed by atoms with Gasteiger partial charge < -0.3 is 5.11 Å². The number of pyridine rings is 1. The molecule has 1 N–H and O–H groups in total. The summed E-state index contributed by atoms with van der Waals surface area (Å²) >= 11 is 0. The van der Waals surface area contributed by atoms with Crippen LogP contribution in [0, 0.1) is 11.8 Å². The van der Waals surface area contributed by atoms with Gasteiger partial charge in [0.05, 0.1) is 5.56 Å². The van der Waals surface area contributed by atoms with Gasteiger partial charge in [-0.1, -0.05) is 38.0 Å². The number of carboxylic acid groups (broad SMARTS) is 1. The zero-order chi connectivity index (χ0) is 12.5. The summed E-state index contributed by atoms with van der Waals surface area (Å²) < 4.78 is 0. The van der Waals surface area contributed by atoms with E-state index in [1.807, 2.05) is 0 Å². The normalized spacial score (nSPS) is 9.47. The standard InChI is InChI=1S/C14H17NO2/c1-2-3-4-5-6-7-8-12-9-13(14(16)17)11-15-10-12/h9-11H,2-6H2,1H3,(H,16,17). The molecule has 3 nitrogen and oxygen atoms in total. The highest BCUT2D eigenvalue weighted by Gasteiger charge is 2.02. The molecule has 0 atom stereocenters. The minimum absolute atomic E-state index is 0.183. The van der Waals surface area contributed by atoms with Crippen LogP contribution in [0.25, 0.3) is 0 Å². The first kappa shape index (κ1) is 13.2. The van der Waals surface area contributed by atoms with Gasteiger partial charge in [0.1, 0.15) is 0 Å². The molecule has 0 amide bonds. The number of nitrogens with zero attached hydrogens (tertiary/aromatic N) is 1. The van der Waals surface area contributed by atoms with Gasteiger partial charge in [-0.3, -0.25) is 4.98 Å². The number of rotatable bonds is 5. The van der Waals surface area contributed by atoms with E-state index in [-0.39, 0.29) is 5.56 Å². The second-order valence-corrected chi connectivity index (χ2v) is 3.88. The zero-order valence-electron chi connectivity index (χ0n) is 10.1. The molecule has 1 aromatic rings. The van der Waals surface area contributed by atoms with Crippen molar-refractivity contribution in [2.75, 3.05) is 0 Å². The van der Waals surface area contributed by atoms with Gasteiger partial charge in [0.2, 0.25) is 0 Å². The van der Waals surface area contributed by atoms with E-state index in [9.17, 15) is 4.79 Å². The van der Waals surface area contributed by atoms with Gasteiger partial charge in [-0.15, -0.1) is 0 Å². The van der Waals surface area contributed by atoms with E-state index in [0.717, 1.165) is 12.8 Å². The monoisotopic (exact) mass is 231 g/mol. The van der Waals surface area contributed by atoms with Crippen molar-refractivity contribution in [3.05, 3.63) is 29.6 Å². The fraction of sp³-hybridized carbons (Fsp3) is 0.429. The van der Waals surface area contributed by atoms with Gasteiger partial charge >= 0.3 is 5.97 Å². The molecule has 0 radical (unpaired) electrons. The number of unbranched alkanes of at least 4 members (excludes halogenated alkanes) is 4. The summed E-state index contributed by atoms with van der Waals surface area (Å²) in [6.45, 7) is 2.18. The van der Waals surface area contributed by atoms with Crippen LogP contribution in [-0.2, 0) is 0 Å². The number of hydrogen-bond donors (Lipinski definition) is 1. The number of hydrogen-bond acceptors (Lipinski definition) is 2. The van der Waals surface area contributed by atoms with Crippen molar-refractivity contribution in [2.24, 2.45) is 0 Å². The Morgan fingerprint density at radius 1 is 1.35 bits per heavy atom. The van der Waals surface area contributed by atoms with Crippen molar-refractivity contribution in [3.8, 4) is 11.8 Å². The molecule has 0 saturated heterocycles. The highest BCUT2D eigenvalue weighted by molar-refractivity contribution is 5.87. The maximum absolute atomic E-state index is 10.7. The summed E-state index contributed by atoms with van der Waals surface area (Å²) in [6.07, 6.45) is 8.55. The summed E-state index contributed by atoms with van der Waals surface area (Å²) in [5.41, 5.74) is 0.850. The molecule has 0 aliphatic rings. The lowest BCUT2D eigenvalue weighted by Gasteiger charge is -1.94. The predicted octanol–water partition coefficient (Wildman–Crippen LogP) is 3.10. The molecule has 3 heteroatoms. The van der Waals surface area contributed by atoms with Crippen LogP contribution in [0.2, 0.25) is 0 Å². The summed E-state index contributed by atoms with van der Waals surface area (Å²) in [5.74, 6) is 5.02. The van der Waals surface area contributed by atoms with Crippen LogP contribution in [0.4, 0.5) is 0 Å². The molecule has 1 aromatic heterocycles. The molecular weight excluding hydrogens is 214 g/mol. The van der Waals surface area contributed by atoms with E-state index in [1.165, 1.54) is 25.5 Å². The Kier molecular flexibility index (Phi) is 5.81. The minimum Gasteiger partial charge on any atom is -0.478 e. The van der Waals surface area contributed by atoms with Crippen LogP contribution in [0.15, 0.2) is 18.5 Å². The maximum Gasteiger partial charge on any atom is 0.337 e. The number of aromatic nitrogens is 1. The van der Waals surface area contributed by atoms with E-state index in [0.29, 0.717) is 5.56 Å². The van der Waals surface area contributed by atoms with Crippen molar-refractivity contribution in [3.63, 3.8) is 0 Å². The van der Waals surface area contributed by atoms with Crippen LogP contribution in [-0.4, -0.2) is 16.1 Å². The Balaban J connectivity index is 2.48. The Bertz CT molecular complexity index is 429. The van der Waals surface area contributed by atoms with E-state index in [1.54, 1.807) is 12.3 Å². The van der Waals surface area contributed by atoms with Crippen LogP contribution in [0.1, 0.15) is 54.9 Å². The zero-order valence-corrected chi connectivity index (χ0v) is 10.1. The Morgan fingerprint density at radius 3 is 2.88 bits per heavy atom. The van der Waals surface area contributed by atoms with Crippen molar-refractivity contribution in [1.82, 2.24) is 4.98 Å². The summed E-state index contributed by atoms with van der Waals surface area (Å²) in [4.78, 5) is 14.6. The smallest absolute Gasteiger partial charge is 0.337 e. The maximum atomic E-state index is 10.7. The lowest BCUT2D eigenvalue weighted by atomic mass is 10.1. The molecule has 0 aliphatic heterocycles. The Morgan fingerprint density at radius 2 is 2.18 bits per heavy atom. The highest BCUT2D eigenvalue weighted by Crippen LogP contribution is 2.03. The van der Waals surface area contributed by atoms with Crippen LogP contribution in [0.3, 0.4) is 0 Å². The first-order valence-electron chi connectivity index (χ1n) is 5.91. The number of carbonyl (C=O) groups is 1. The lowest BCUT2D eigenvalue weighted by molar-refractivity contribution is 0.0696. The van der Waals surface area contributed by atoms with Crippen LogP contribution < -0.4 is 0 Å². The molecule has 90 valence electrons. The topological polar surface area (TPSA) is 50.2 Å². The molecule has 0 unspecified atom stereocenters. The average molecular weight is 231 g/mol. The molecule has 0 spiro atoms. The van der Waals surface area contributed by atoms with Crippen molar-refractivity contribution < 1.29 is 9.90 Å². The molecule has 0 bridgehead atoms. The summed E-state index contributed by atoms with van der Waals surface area (Å²) in [5, 5.41) is 8.79. The number of carboxylic acids is 1. The Labute approximate surface area is 102 Å². The predicted molar refractivity (Wildman–Crippen MR) is 66.8 cm³/mol. The molecule has 1 heterocycles. The van der Waals surface area contributed by atoms with Crippen LogP contribution >= 0.6 is 0 Å². The first-order chi connectivity index (χ1) is 8.24. The van der Waals surface area contributed by atoms with E-state index >= 15 is 0 Å². The largest absolute Gasteiger partial charge is 0.478 e. The van der Waals surface area contributed by atoms with Gasteiger partial charge in [-0.2, -0.15) is 0 Å². The second kappa shape index (κ2) is 7.45. The van der Waals surface area contributed by atoms with Gasteiger partial charge in [0.25, 0.3) is 0 Å². The van der Waals surface area contributed by atoms with Crippen LogP contribution in [0.5, 0.6) is 0 Å². The first-order valence-corrected chi connectivity index (χ1v) is 5.91. The van der Waals surface area contributed by atoms with Gasteiger partial charge in [0, 0.05) is 24.4 Å². The molecule has 0 saturated carbocycles. The van der Waals surface area contributed by atoms with Gasteiger partial charge in [0.15, 0.2) is 0 Å². The lowest BCUT2D eigenvalue weighted by Crippen LogP contribution is -1.97. The number of aromatic carboxylic acids is 1. The molecule has 17 heavy (non-hydrogen) atoms. The van der Waals surface area contributed by atoms with Crippen molar-refractivity contribution in [1.29, 1.82) is 0 Å². The van der Waals surface area contributed by atoms with E-state index in [2.05, 4.69) is 23.7 Å². The molecular formula is C14H17NO2. The van der Waals surface area contributed by atoms with Gasteiger partial charge in [-0.25, -0.2) is 4.79 Å². The fourth-order valence-corrected chi connectivity index (χ4v) is 1.43. The fourth-order valence-electron chi connectivity index (χ4n) is 1.43. The molecule has 1 rings (SSSR count). The molecule has 0 aliphatic carbocycles. The third kappa shape index (κ3) is 5.17. The molecule has 0 fully saturated rings. The van der Waals surface area contributed by atoms with Crippen molar-refractivity contribution >= 4 is 5.97 Å². The van der Waals surface area contributed by atoms with Gasteiger partial charge in [-0.05, 0) is 12.5 Å². The highest BCUT2D eigenvalue weighted by atomic mass is 16.4. The minimum atomic E-state index is -0.968. The third-order valence-corrected chi connectivity index (χ3v) is 2.37. The average Bonchev–Trinajstić information content (AvgIpc) is 2.34. The van der Waals surface area contributed by atoms with E-state index in [4.69, 9.17) is 5.11 Å². The van der Waals surface area contributed by atoms with E-state index < -0.39 is 5.97 Å². The SMILES string of the molecule is CCCCCCC#Cc1cncc(C(=O)O)c1. The Hall–Kier alpha value is -1.82. The molecule has 0 aromatic carbocycles. The third-order valence-electron chi connectivity index (χ3n) is 2.37.